The van der Waals surface area contributed by atoms with Crippen LogP contribution < -0.4 is 5.32 Å². The van der Waals surface area contributed by atoms with Crippen LogP contribution in [0.2, 0.25) is 10.0 Å². The molecule has 0 bridgehead atoms. The Morgan fingerprint density at radius 1 is 1.40 bits per heavy atom. The number of carbonyl (C=O) groups is 1. The van der Waals surface area contributed by atoms with Crippen LogP contribution >= 0.6 is 23.2 Å². The van der Waals surface area contributed by atoms with Crippen molar-refractivity contribution in [3.05, 3.63) is 33.8 Å². The molecule has 0 heterocycles. The van der Waals surface area contributed by atoms with Crippen molar-refractivity contribution in [2.24, 2.45) is 5.41 Å². The van der Waals surface area contributed by atoms with E-state index in [-0.39, 0.29) is 11.9 Å². The van der Waals surface area contributed by atoms with Gasteiger partial charge in [-0.15, -0.1) is 0 Å². The summed E-state index contributed by atoms with van der Waals surface area (Å²) in [7, 11) is 0. The first-order chi connectivity index (χ1) is 9.40. The first-order valence-electron chi connectivity index (χ1n) is 6.57. The van der Waals surface area contributed by atoms with Gasteiger partial charge in [0.2, 0.25) is 5.91 Å². The normalized spacial score (nSPS) is 12.6. The van der Waals surface area contributed by atoms with Gasteiger partial charge in [-0.3, -0.25) is 4.79 Å². The Labute approximate surface area is 129 Å². The number of halogens is 2. The van der Waals surface area contributed by atoms with E-state index in [2.05, 4.69) is 11.4 Å². The standard InChI is InChI=1S/C15H18Cl2N2O/c1-4-15(5-2,9-18)14(20)19-10(3)12-7-6-11(16)8-13(12)17/h6-8,10H,4-5H2,1-3H3,(H,19,20). The van der Waals surface area contributed by atoms with Gasteiger partial charge in [0.1, 0.15) is 5.41 Å². The lowest BCUT2D eigenvalue weighted by atomic mass is 9.82. The lowest BCUT2D eigenvalue weighted by molar-refractivity contribution is -0.129. The van der Waals surface area contributed by atoms with Crippen molar-refractivity contribution in [1.82, 2.24) is 5.32 Å². The van der Waals surface area contributed by atoms with E-state index in [1.54, 1.807) is 18.2 Å². The van der Waals surface area contributed by atoms with Gasteiger partial charge in [0, 0.05) is 10.0 Å². The van der Waals surface area contributed by atoms with Gasteiger partial charge in [-0.2, -0.15) is 5.26 Å². The Bertz CT molecular complexity index is 533. The van der Waals surface area contributed by atoms with Crippen molar-refractivity contribution in [2.45, 2.75) is 39.7 Å². The van der Waals surface area contributed by atoms with Crippen molar-refractivity contribution in [3.8, 4) is 6.07 Å². The molecular weight excluding hydrogens is 295 g/mol. The van der Waals surface area contributed by atoms with Gasteiger partial charge >= 0.3 is 0 Å². The van der Waals surface area contributed by atoms with Crippen LogP contribution in [0.5, 0.6) is 0 Å². The zero-order chi connectivity index (χ0) is 15.3. The summed E-state index contributed by atoms with van der Waals surface area (Å²) in [5.74, 6) is -0.261. The summed E-state index contributed by atoms with van der Waals surface area (Å²) in [6, 6.07) is 6.99. The number of rotatable bonds is 5. The summed E-state index contributed by atoms with van der Waals surface area (Å²) in [4.78, 5) is 12.3. The van der Waals surface area contributed by atoms with Crippen molar-refractivity contribution < 1.29 is 4.79 Å². The average molecular weight is 313 g/mol. The number of benzene rings is 1. The lowest BCUT2D eigenvalue weighted by Gasteiger charge is -2.25. The second kappa shape index (κ2) is 6.97. The summed E-state index contributed by atoms with van der Waals surface area (Å²) in [6.45, 7) is 5.51. The van der Waals surface area contributed by atoms with E-state index in [4.69, 9.17) is 23.2 Å². The summed E-state index contributed by atoms with van der Waals surface area (Å²) < 4.78 is 0. The second-order valence-electron chi connectivity index (χ2n) is 4.76. The minimum Gasteiger partial charge on any atom is -0.348 e. The molecule has 1 unspecified atom stereocenters. The molecule has 108 valence electrons. The Balaban J connectivity index is 2.93. The summed E-state index contributed by atoms with van der Waals surface area (Å²) in [5.41, 5.74) is -0.198. The van der Waals surface area contributed by atoms with Crippen molar-refractivity contribution >= 4 is 29.1 Å². The Hall–Kier alpha value is -1.24. The molecule has 0 aliphatic heterocycles. The number of nitrogens with zero attached hydrogens (tertiary/aromatic N) is 1. The predicted octanol–water partition coefficient (Wildman–Crippen LogP) is 4.50. The van der Waals surface area contributed by atoms with Gasteiger partial charge in [0.25, 0.3) is 0 Å². The van der Waals surface area contributed by atoms with Gasteiger partial charge in [0.15, 0.2) is 0 Å². The third-order valence-corrected chi connectivity index (χ3v) is 4.19. The third-order valence-electron chi connectivity index (χ3n) is 3.63. The van der Waals surface area contributed by atoms with Gasteiger partial charge in [-0.25, -0.2) is 0 Å². The minimum absolute atomic E-state index is 0.261. The molecule has 1 rings (SSSR count). The number of carbonyl (C=O) groups excluding carboxylic acids is 1. The molecule has 0 saturated carbocycles. The minimum atomic E-state index is -0.979. The molecule has 0 spiro atoms. The van der Waals surface area contributed by atoms with Crippen molar-refractivity contribution in [3.63, 3.8) is 0 Å². The monoisotopic (exact) mass is 312 g/mol. The first kappa shape index (κ1) is 16.8. The van der Waals surface area contributed by atoms with Crippen LogP contribution in [-0.4, -0.2) is 5.91 Å². The molecule has 1 N–H and O–H groups in total. The molecule has 20 heavy (non-hydrogen) atoms. The van der Waals surface area contributed by atoms with Crippen LogP contribution in [0.25, 0.3) is 0 Å². The Kier molecular flexibility index (Phi) is 5.86. The largest absolute Gasteiger partial charge is 0.348 e. The zero-order valence-electron chi connectivity index (χ0n) is 11.8. The number of nitrogens with one attached hydrogen (secondary N) is 1. The fraction of sp³-hybridized carbons (Fsp3) is 0.467. The quantitative estimate of drug-likeness (QED) is 0.870. The molecular formula is C15H18Cl2N2O. The zero-order valence-corrected chi connectivity index (χ0v) is 13.3. The maximum absolute atomic E-state index is 12.3. The summed E-state index contributed by atoms with van der Waals surface area (Å²) >= 11 is 12.0. The van der Waals surface area contributed by atoms with Gasteiger partial charge < -0.3 is 5.32 Å². The topological polar surface area (TPSA) is 52.9 Å². The fourth-order valence-corrected chi connectivity index (χ4v) is 2.62. The van der Waals surface area contributed by atoms with E-state index in [1.165, 1.54) is 0 Å². The molecule has 5 heteroatoms. The average Bonchev–Trinajstić information content (AvgIpc) is 2.41. The number of nitriles is 1. The van der Waals surface area contributed by atoms with E-state index >= 15 is 0 Å². The maximum Gasteiger partial charge on any atom is 0.240 e. The van der Waals surface area contributed by atoms with Gasteiger partial charge in [0.05, 0.1) is 12.1 Å². The van der Waals surface area contributed by atoms with E-state index < -0.39 is 5.41 Å². The van der Waals surface area contributed by atoms with Crippen molar-refractivity contribution in [2.75, 3.05) is 0 Å². The molecule has 1 aromatic carbocycles. The highest BCUT2D eigenvalue weighted by Gasteiger charge is 2.35. The van der Waals surface area contributed by atoms with Gasteiger partial charge in [-0.05, 0) is 37.5 Å². The molecule has 0 radical (unpaired) electrons. The van der Waals surface area contributed by atoms with E-state index in [1.807, 2.05) is 20.8 Å². The number of hydrogen-bond donors (Lipinski definition) is 1. The van der Waals surface area contributed by atoms with E-state index in [0.29, 0.717) is 22.9 Å². The Morgan fingerprint density at radius 2 is 2.00 bits per heavy atom. The van der Waals surface area contributed by atoms with Crippen molar-refractivity contribution in [1.29, 1.82) is 5.26 Å². The molecule has 0 saturated heterocycles. The maximum atomic E-state index is 12.3. The lowest BCUT2D eigenvalue weighted by Crippen LogP contribution is -2.40. The van der Waals surface area contributed by atoms with E-state index in [0.717, 1.165) is 5.56 Å². The molecule has 1 amide bonds. The molecule has 1 aromatic rings. The van der Waals surface area contributed by atoms with Crippen LogP contribution in [-0.2, 0) is 4.79 Å². The highest BCUT2D eigenvalue weighted by atomic mass is 35.5. The predicted molar refractivity (Wildman–Crippen MR) is 81.6 cm³/mol. The molecule has 3 nitrogen and oxygen atoms in total. The molecule has 0 aliphatic rings. The highest BCUT2D eigenvalue weighted by molar-refractivity contribution is 6.35. The Morgan fingerprint density at radius 3 is 2.45 bits per heavy atom. The molecule has 0 aliphatic carbocycles. The highest BCUT2D eigenvalue weighted by Crippen LogP contribution is 2.29. The van der Waals surface area contributed by atoms with Crippen LogP contribution in [0, 0.1) is 16.7 Å². The van der Waals surface area contributed by atoms with Gasteiger partial charge in [-0.1, -0.05) is 43.1 Å². The summed E-state index contributed by atoms with van der Waals surface area (Å²) in [6.07, 6.45) is 0.958. The first-order valence-corrected chi connectivity index (χ1v) is 7.33. The van der Waals surface area contributed by atoms with E-state index in [9.17, 15) is 10.1 Å². The second-order valence-corrected chi connectivity index (χ2v) is 5.61. The molecule has 0 fully saturated rings. The summed E-state index contributed by atoms with van der Waals surface area (Å²) in [5, 5.41) is 13.2. The SMILES string of the molecule is CCC(C#N)(CC)C(=O)NC(C)c1ccc(Cl)cc1Cl. The molecule has 0 aromatic heterocycles. The smallest absolute Gasteiger partial charge is 0.240 e. The number of amides is 1. The number of hydrogen-bond acceptors (Lipinski definition) is 2. The third kappa shape index (κ3) is 3.45. The van der Waals surface area contributed by atoms with Crippen LogP contribution in [0.3, 0.4) is 0 Å². The fourth-order valence-electron chi connectivity index (χ4n) is 2.05. The van der Waals surface area contributed by atoms with Crippen LogP contribution in [0.15, 0.2) is 18.2 Å². The van der Waals surface area contributed by atoms with Crippen LogP contribution in [0.4, 0.5) is 0 Å². The molecule has 1 atom stereocenters. The van der Waals surface area contributed by atoms with Crippen LogP contribution in [0.1, 0.15) is 45.2 Å².